The van der Waals surface area contributed by atoms with Crippen LogP contribution in [0, 0.1) is 12.8 Å². The molecule has 2 atom stereocenters. The van der Waals surface area contributed by atoms with Crippen LogP contribution in [0.25, 0.3) is 0 Å². The van der Waals surface area contributed by atoms with Crippen LogP contribution >= 0.6 is 12.4 Å². The van der Waals surface area contributed by atoms with E-state index in [4.69, 9.17) is 0 Å². The average Bonchev–Trinajstić information content (AvgIpc) is 2.49. The highest BCUT2D eigenvalue weighted by atomic mass is 35.5. The van der Waals surface area contributed by atoms with Gasteiger partial charge in [0.1, 0.15) is 0 Å². The first-order valence-corrected chi connectivity index (χ1v) is 10.4. The van der Waals surface area contributed by atoms with Crippen molar-refractivity contribution in [3.8, 4) is 0 Å². The summed E-state index contributed by atoms with van der Waals surface area (Å²) in [6.45, 7) is 5.07. The normalized spacial score (nSPS) is 22.0. The summed E-state index contributed by atoms with van der Waals surface area (Å²) in [4.78, 5) is 0.148. The second-order valence-corrected chi connectivity index (χ2v) is 9.40. The fraction of sp³-hybridized carbons (Fsp3) is 0.571. The third kappa shape index (κ3) is 4.68. The lowest BCUT2D eigenvalue weighted by Crippen LogP contribution is -2.50. The van der Waals surface area contributed by atoms with Gasteiger partial charge in [-0.1, -0.05) is 6.92 Å². The number of halogens is 1. The second-order valence-electron chi connectivity index (χ2n) is 5.83. The molecule has 1 saturated heterocycles. The lowest BCUT2D eigenvalue weighted by Gasteiger charge is -2.30. The summed E-state index contributed by atoms with van der Waals surface area (Å²) >= 11 is 0. The van der Waals surface area contributed by atoms with E-state index in [1.165, 1.54) is 25.2 Å². The Labute approximate surface area is 150 Å². The summed E-state index contributed by atoms with van der Waals surface area (Å²) in [7, 11) is -5.97. The van der Waals surface area contributed by atoms with Crippen molar-refractivity contribution in [1.82, 2.24) is 14.8 Å². The standard InChI is InChI=1S/C14H23N3O4S2.ClH/c1-10-6-7-16-9-13(10)17-22(18,19)12-4-5-14(11(2)8-12)23(20,21)15-3;/h4-5,8,10,13,15-17H,6-7,9H2,1-3H3;1H. The summed E-state index contributed by atoms with van der Waals surface area (Å²) in [6.07, 6.45) is 0.908. The van der Waals surface area contributed by atoms with Gasteiger partial charge in [-0.05, 0) is 56.6 Å². The minimum Gasteiger partial charge on any atom is -0.315 e. The minimum atomic E-state index is -3.69. The van der Waals surface area contributed by atoms with Crippen molar-refractivity contribution >= 4 is 32.5 Å². The maximum atomic E-state index is 12.5. The average molecular weight is 398 g/mol. The highest BCUT2D eigenvalue weighted by Gasteiger charge is 2.27. The molecule has 1 aliphatic rings. The monoisotopic (exact) mass is 397 g/mol. The number of nitrogens with one attached hydrogen (secondary N) is 3. The van der Waals surface area contributed by atoms with Gasteiger partial charge in [0.05, 0.1) is 9.79 Å². The molecule has 0 amide bonds. The van der Waals surface area contributed by atoms with Crippen LogP contribution in [0.1, 0.15) is 18.9 Å². The van der Waals surface area contributed by atoms with E-state index >= 15 is 0 Å². The van der Waals surface area contributed by atoms with Crippen LogP contribution in [-0.2, 0) is 20.0 Å². The van der Waals surface area contributed by atoms with E-state index in [1.807, 2.05) is 6.92 Å². The summed E-state index contributed by atoms with van der Waals surface area (Å²) in [6, 6.07) is 3.85. The van der Waals surface area contributed by atoms with E-state index in [9.17, 15) is 16.8 Å². The van der Waals surface area contributed by atoms with Crippen LogP contribution in [0.3, 0.4) is 0 Å². The van der Waals surface area contributed by atoms with Gasteiger partial charge in [0.15, 0.2) is 0 Å². The molecule has 0 aliphatic carbocycles. The van der Waals surface area contributed by atoms with Gasteiger partial charge < -0.3 is 5.32 Å². The molecule has 10 heteroatoms. The number of hydrogen-bond donors (Lipinski definition) is 3. The highest BCUT2D eigenvalue weighted by Crippen LogP contribution is 2.21. The van der Waals surface area contributed by atoms with E-state index in [2.05, 4.69) is 14.8 Å². The Morgan fingerprint density at radius 2 is 1.83 bits per heavy atom. The molecule has 2 rings (SSSR count). The lowest BCUT2D eigenvalue weighted by molar-refractivity contribution is 0.327. The Bertz CT molecular complexity index is 781. The van der Waals surface area contributed by atoms with Gasteiger partial charge >= 0.3 is 0 Å². The summed E-state index contributed by atoms with van der Waals surface area (Å²) in [5, 5.41) is 3.17. The molecule has 1 aromatic carbocycles. The van der Waals surface area contributed by atoms with Crippen molar-refractivity contribution in [1.29, 1.82) is 0 Å². The van der Waals surface area contributed by atoms with E-state index in [-0.39, 0.29) is 34.2 Å². The Morgan fingerprint density at radius 3 is 2.38 bits per heavy atom. The molecule has 138 valence electrons. The smallest absolute Gasteiger partial charge is 0.240 e. The molecule has 1 aliphatic heterocycles. The zero-order valence-corrected chi connectivity index (χ0v) is 16.3. The zero-order valence-electron chi connectivity index (χ0n) is 13.9. The Balaban J connectivity index is 0.00000288. The summed E-state index contributed by atoms with van der Waals surface area (Å²) in [5.41, 5.74) is 0.386. The quantitative estimate of drug-likeness (QED) is 0.675. The van der Waals surface area contributed by atoms with Crippen LogP contribution in [0.4, 0.5) is 0 Å². The van der Waals surface area contributed by atoms with E-state index in [0.717, 1.165) is 13.0 Å². The van der Waals surface area contributed by atoms with Gasteiger partial charge in [0.2, 0.25) is 20.0 Å². The maximum absolute atomic E-state index is 12.5. The molecule has 1 aromatic rings. The maximum Gasteiger partial charge on any atom is 0.240 e. The minimum absolute atomic E-state index is 0. The third-order valence-corrected chi connectivity index (χ3v) is 7.21. The first-order chi connectivity index (χ1) is 10.7. The van der Waals surface area contributed by atoms with Gasteiger partial charge in [-0.3, -0.25) is 0 Å². The molecule has 1 fully saturated rings. The predicted molar refractivity (Wildman–Crippen MR) is 95.4 cm³/mol. The van der Waals surface area contributed by atoms with E-state index in [1.54, 1.807) is 6.92 Å². The van der Waals surface area contributed by atoms with Crippen molar-refractivity contribution in [2.45, 2.75) is 36.1 Å². The van der Waals surface area contributed by atoms with Crippen LogP contribution < -0.4 is 14.8 Å². The molecule has 0 saturated carbocycles. The molecule has 0 spiro atoms. The first kappa shape index (κ1) is 21.3. The largest absolute Gasteiger partial charge is 0.315 e. The number of aryl methyl sites for hydroxylation is 1. The van der Waals surface area contributed by atoms with Crippen molar-refractivity contribution in [2.75, 3.05) is 20.1 Å². The summed E-state index contributed by atoms with van der Waals surface area (Å²) < 4.78 is 53.7. The molecule has 2 unspecified atom stereocenters. The van der Waals surface area contributed by atoms with Crippen molar-refractivity contribution in [3.63, 3.8) is 0 Å². The fourth-order valence-electron chi connectivity index (χ4n) is 2.62. The van der Waals surface area contributed by atoms with Gasteiger partial charge in [0.25, 0.3) is 0 Å². The van der Waals surface area contributed by atoms with Crippen molar-refractivity contribution in [3.05, 3.63) is 23.8 Å². The number of rotatable bonds is 5. The zero-order chi connectivity index (χ0) is 17.3. The molecule has 3 N–H and O–H groups in total. The summed E-state index contributed by atoms with van der Waals surface area (Å²) in [5.74, 6) is 0.246. The molecule has 0 bridgehead atoms. The van der Waals surface area contributed by atoms with Gasteiger partial charge in [0, 0.05) is 12.6 Å². The van der Waals surface area contributed by atoms with Crippen LogP contribution in [0.2, 0.25) is 0 Å². The molecule has 0 aromatic heterocycles. The van der Waals surface area contributed by atoms with Crippen molar-refractivity contribution < 1.29 is 16.8 Å². The molecule has 24 heavy (non-hydrogen) atoms. The molecular weight excluding hydrogens is 374 g/mol. The van der Waals surface area contributed by atoms with E-state index < -0.39 is 20.0 Å². The van der Waals surface area contributed by atoms with Gasteiger partial charge in [-0.2, -0.15) is 0 Å². The number of sulfonamides is 2. The Hall–Kier alpha value is -0.710. The van der Waals surface area contributed by atoms with Gasteiger partial charge in [-0.15, -0.1) is 12.4 Å². The number of benzene rings is 1. The van der Waals surface area contributed by atoms with E-state index in [0.29, 0.717) is 12.1 Å². The van der Waals surface area contributed by atoms with Gasteiger partial charge in [-0.25, -0.2) is 26.3 Å². The number of piperidine rings is 1. The molecule has 0 radical (unpaired) electrons. The molecule has 7 nitrogen and oxygen atoms in total. The first-order valence-electron chi connectivity index (χ1n) is 7.44. The second kappa shape index (κ2) is 8.11. The topological polar surface area (TPSA) is 104 Å². The molecular formula is C14H24ClN3O4S2. The lowest BCUT2D eigenvalue weighted by atomic mass is 9.96. The Morgan fingerprint density at radius 1 is 1.17 bits per heavy atom. The van der Waals surface area contributed by atoms with Crippen LogP contribution in [0.5, 0.6) is 0 Å². The fourth-order valence-corrected chi connectivity index (χ4v) is 4.99. The molecule has 1 heterocycles. The number of hydrogen-bond acceptors (Lipinski definition) is 5. The Kier molecular flexibility index (Phi) is 7.21. The SMILES string of the molecule is CNS(=O)(=O)c1ccc(S(=O)(=O)NC2CNCCC2C)cc1C.Cl. The predicted octanol–water partition coefficient (Wildman–Crippen LogP) is 0.601. The highest BCUT2D eigenvalue weighted by molar-refractivity contribution is 7.90. The van der Waals surface area contributed by atoms with Crippen LogP contribution in [0.15, 0.2) is 28.0 Å². The van der Waals surface area contributed by atoms with Crippen LogP contribution in [-0.4, -0.2) is 43.0 Å². The third-order valence-electron chi connectivity index (χ3n) is 4.15. The van der Waals surface area contributed by atoms with Crippen molar-refractivity contribution in [2.24, 2.45) is 5.92 Å².